The first-order valence-electron chi connectivity index (χ1n) is 11.4. The molecule has 0 bridgehead atoms. The van der Waals surface area contributed by atoms with Crippen LogP contribution in [-0.2, 0) is 11.3 Å². The van der Waals surface area contributed by atoms with Crippen molar-refractivity contribution in [2.45, 2.75) is 51.2 Å². The monoisotopic (exact) mass is 406 g/mol. The molecular formula is C25H34N4O. The molecule has 0 radical (unpaired) electrons. The molecule has 2 fully saturated rings. The SMILES string of the molecule is CC(Nc1ccc(N2CCN(Cc3ccccc3)CC2)cc1)C(=O)NC1CCCC1. The maximum atomic E-state index is 12.4. The molecule has 2 aliphatic rings. The highest BCUT2D eigenvalue weighted by Crippen LogP contribution is 2.21. The molecule has 1 atom stereocenters. The fourth-order valence-corrected chi connectivity index (χ4v) is 4.49. The van der Waals surface area contributed by atoms with E-state index in [1.54, 1.807) is 0 Å². The molecule has 1 saturated heterocycles. The number of amides is 1. The normalized spacial score (nSPS) is 18.9. The van der Waals surface area contributed by atoms with Crippen LogP contribution in [-0.4, -0.2) is 49.1 Å². The van der Waals surface area contributed by atoms with Gasteiger partial charge >= 0.3 is 0 Å². The Bertz CT molecular complexity index is 794. The molecule has 2 aromatic rings. The van der Waals surface area contributed by atoms with Gasteiger partial charge in [-0.2, -0.15) is 0 Å². The van der Waals surface area contributed by atoms with Crippen molar-refractivity contribution >= 4 is 17.3 Å². The number of nitrogens with one attached hydrogen (secondary N) is 2. The molecule has 1 aliphatic heterocycles. The highest BCUT2D eigenvalue weighted by molar-refractivity contribution is 5.84. The van der Waals surface area contributed by atoms with Crippen molar-refractivity contribution in [1.29, 1.82) is 0 Å². The van der Waals surface area contributed by atoms with Gasteiger partial charge in [0.25, 0.3) is 0 Å². The number of anilines is 2. The summed E-state index contributed by atoms with van der Waals surface area (Å²) in [6, 6.07) is 19.3. The van der Waals surface area contributed by atoms with Gasteiger partial charge in [0.05, 0.1) is 0 Å². The van der Waals surface area contributed by atoms with E-state index in [0.29, 0.717) is 6.04 Å². The molecule has 0 spiro atoms. The van der Waals surface area contributed by atoms with Gasteiger partial charge in [0.2, 0.25) is 5.91 Å². The Morgan fingerprint density at radius 1 is 0.967 bits per heavy atom. The number of carbonyl (C=O) groups excluding carboxylic acids is 1. The van der Waals surface area contributed by atoms with Crippen molar-refractivity contribution in [3.63, 3.8) is 0 Å². The Kier molecular flexibility index (Phi) is 6.90. The fraction of sp³-hybridized carbons (Fsp3) is 0.480. The van der Waals surface area contributed by atoms with Crippen LogP contribution in [0.2, 0.25) is 0 Å². The first-order valence-corrected chi connectivity index (χ1v) is 11.4. The number of hydrogen-bond acceptors (Lipinski definition) is 4. The van der Waals surface area contributed by atoms with Gasteiger partial charge in [-0.3, -0.25) is 9.69 Å². The average molecular weight is 407 g/mol. The van der Waals surface area contributed by atoms with Crippen molar-refractivity contribution in [2.75, 3.05) is 36.4 Å². The Hall–Kier alpha value is -2.53. The van der Waals surface area contributed by atoms with Crippen molar-refractivity contribution < 1.29 is 4.79 Å². The van der Waals surface area contributed by atoms with Crippen LogP contribution in [0.4, 0.5) is 11.4 Å². The van der Waals surface area contributed by atoms with E-state index in [1.165, 1.54) is 24.1 Å². The Labute approximate surface area is 180 Å². The van der Waals surface area contributed by atoms with E-state index in [2.05, 4.69) is 75.0 Å². The van der Waals surface area contributed by atoms with Crippen LogP contribution in [0.3, 0.4) is 0 Å². The van der Waals surface area contributed by atoms with E-state index < -0.39 is 0 Å². The third-order valence-corrected chi connectivity index (χ3v) is 6.33. The molecule has 160 valence electrons. The predicted molar refractivity (Wildman–Crippen MR) is 124 cm³/mol. The maximum absolute atomic E-state index is 12.4. The minimum atomic E-state index is -0.224. The van der Waals surface area contributed by atoms with Crippen LogP contribution in [0, 0.1) is 0 Å². The summed E-state index contributed by atoms with van der Waals surface area (Å²) in [5, 5.41) is 6.51. The van der Waals surface area contributed by atoms with Crippen LogP contribution in [0.25, 0.3) is 0 Å². The van der Waals surface area contributed by atoms with Gasteiger partial charge in [-0.15, -0.1) is 0 Å². The fourth-order valence-electron chi connectivity index (χ4n) is 4.49. The Balaban J connectivity index is 1.24. The maximum Gasteiger partial charge on any atom is 0.242 e. The van der Waals surface area contributed by atoms with E-state index in [4.69, 9.17) is 0 Å². The van der Waals surface area contributed by atoms with Crippen molar-refractivity contribution in [1.82, 2.24) is 10.2 Å². The van der Waals surface area contributed by atoms with Crippen LogP contribution < -0.4 is 15.5 Å². The quantitative estimate of drug-likeness (QED) is 0.733. The third kappa shape index (κ3) is 5.54. The summed E-state index contributed by atoms with van der Waals surface area (Å²) in [4.78, 5) is 17.4. The molecule has 1 saturated carbocycles. The lowest BCUT2D eigenvalue weighted by Gasteiger charge is -2.36. The van der Waals surface area contributed by atoms with E-state index in [0.717, 1.165) is 51.3 Å². The molecule has 4 rings (SSSR count). The average Bonchev–Trinajstić information content (AvgIpc) is 3.29. The topological polar surface area (TPSA) is 47.6 Å². The summed E-state index contributed by atoms with van der Waals surface area (Å²) in [7, 11) is 0. The van der Waals surface area contributed by atoms with E-state index >= 15 is 0 Å². The Morgan fingerprint density at radius 2 is 1.63 bits per heavy atom. The molecule has 1 aliphatic carbocycles. The van der Waals surface area contributed by atoms with Gasteiger partial charge < -0.3 is 15.5 Å². The minimum absolute atomic E-state index is 0.0977. The van der Waals surface area contributed by atoms with Gasteiger partial charge in [0, 0.05) is 50.1 Å². The molecule has 2 N–H and O–H groups in total. The zero-order valence-electron chi connectivity index (χ0n) is 18.0. The van der Waals surface area contributed by atoms with Crippen LogP contribution in [0.1, 0.15) is 38.2 Å². The molecule has 1 amide bonds. The van der Waals surface area contributed by atoms with Crippen LogP contribution in [0.5, 0.6) is 0 Å². The molecule has 0 aromatic heterocycles. The number of carbonyl (C=O) groups is 1. The minimum Gasteiger partial charge on any atom is -0.374 e. The van der Waals surface area contributed by atoms with Crippen molar-refractivity contribution in [3.8, 4) is 0 Å². The van der Waals surface area contributed by atoms with Crippen LogP contribution >= 0.6 is 0 Å². The predicted octanol–water partition coefficient (Wildman–Crippen LogP) is 3.87. The standard InChI is InChI=1S/C25H34N4O/c1-20(25(30)27-22-9-5-6-10-22)26-23-11-13-24(14-12-23)29-17-15-28(16-18-29)19-21-7-3-2-4-8-21/h2-4,7-8,11-14,20,22,26H,5-6,9-10,15-19H2,1H3,(H,27,30). The molecule has 1 heterocycles. The zero-order valence-corrected chi connectivity index (χ0v) is 18.0. The molecule has 2 aromatic carbocycles. The lowest BCUT2D eigenvalue weighted by molar-refractivity contribution is -0.122. The lowest BCUT2D eigenvalue weighted by Crippen LogP contribution is -2.46. The lowest BCUT2D eigenvalue weighted by atomic mass is 10.2. The number of hydrogen-bond donors (Lipinski definition) is 2. The van der Waals surface area contributed by atoms with E-state index in [9.17, 15) is 4.79 Å². The van der Waals surface area contributed by atoms with Crippen molar-refractivity contribution in [2.24, 2.45) is 0 Å². The second-order valence-electron chi connectivity index (χ2n) is 8.65. The van der Waals surface area contributed by atoms with Crippen molar-refractivity contribution in [3.05, 3.63) is 60.2 Å². The first-order chi connectivity index (χ1) is 14.7. The molecule has 30 heavy (non-hydrogen) atoms. The van der Waals surface area contributed by atoms with E-state index in [-0.39, 0.29) is 11.9 Å². The molecular weight excluding hydrogens is 372 g/mol. The van der Waals surface area contributed by atoms with Gasteiger partial charge in [0.1, 0.15) is 6.04 Å². The number of benzene rings is 2. The highest BCUT2D eigenvalue weighted by Gasteiger charge is 2.21. The molecule has 5 heteroatoms. The largest absolute Gasteiger partial charge is 0.374 e. The van der Waals surface area contributed by atoms with Crippen LogP contribution in [0.15, 0.2) is 54.6 Å². The summed E-state index contributed by atoms with van der Waals surface area (Å²) in [5.41, 5.74) is 3.63. The number of rotatable bonds is 7. The van der Waals surface area contributed by atoms with Gasteiger partial charge in [0.15, 0.2) is 0 Å². The smallest absolute Gasteiger partial charge is 0.242 e. The molecule has 1 unspecified atom stereocenters. The highest BCUT2D eigenvalue weighted by atomic mass is 16.2. The van der Waals surface area contributed by atoms with Gasteiger partial charge in [-0.1, -0.05) is 43.2 Å². The summed E-state index contributed by atoms with van der Waals surface area (Å²) in [6.07, 6.45) is 4.70. The second kappa shape index (κ2) is 9.98. The number of nitrogens with zero attached hydrogens (tertiary/aromatic N) is 2. The summed E-state index contributed by atoms with van der Waals surface area (Å²) >= 11 is 0. The zero-order chi connectivity index (χ0) is 20.8. The Morgan fingerprint density at radius 3 is 2.30 bits per heavy atom. The van der Waals surface area contributed by atoms with E-state index in [1.807, 2.05) is 6.92 Å². The van der Waals surface area contributed by atoms with Gasteiger partial charge in [-0.05, 0) is 49.6 Å². The molecule has 5 nitrogen and oxygen atoms in total. The van der Waals surface area contributed by atoms with Gasteiger partial charge in [-0.25, -0.2) is 0 Å². The summed E-state index contributed by atoms with van der Waals surface area (Å²) < 4.78 is 0. The third-order valence-electron chi connectivity index (χ3n) is 6.33. The number of piperazine rings is 1. The second-order valence-corrected chi connectivity index (χ2v) is 8.65. The first kappa shape index (κ1) is 20.7. The summed E-state index contributed by atoms with van der Waals surface area (Å²) in [6.45, 7) is 7.20. The summed E-state index contributed by atoms with van der Waals surface area (Å²) in [5.74, 6) is 0.0977.